The molecule has 3 aromatic carbocycles. The number of rotatable bonds is 5. The summed E-state index contributed by atoms with van der Waals surface area (Å²) in [6, 6.07) is 25.3. The van der Waals surface area contributed by atoms with Gasteiger partial charge in [-0.3, -0.25) is 4.79 Å². The van der Waals surface area contributed by atoms with Crippen LogP contribution in [0.25, 0.3) is 0 Å². The molecule has 0 bridgehead atoms. The minimum Gasteiger partial charge on any atom is -0.345 e. The molecule has 0 saturated carbocycles. The highest BCUT2D eigenvalue weighted by Gasteiger charge is 2.19. The molecule has 26 heavy (non-hydrogen) atoms. The topological polar surface area (TPSA) is 41.5 Å². The second-order valence-electron chi connectivity index (χ2n) is 5.45. The quantitative estimate of drug-likeness (QED) is 0.350. The number of benzene rings is 3. The Labute approximate surface area is 162 Å². The second kappa shape index (κ2) is 8.52. The third-order valence-corrected chi connectivity index (χ3v) is 4.11. The number of aliphatic imine (C=N–C) groups is 1. The molecular formula is C21H15ClN2OS. The number of carbonyl (C=O) groups excluding carboxylic acids is 1. The lowest BCUT2D eigenvalue weighted by Crippen LogP contribution is -2.28. The normalized spacial score (nSPS) is 11.0. The number of halogens is 1. The largest absolute Gasteiger partial charge is 0.345 e. The van der Waals surface area contributed by atoms with E-state index in [2.05, 4.69) is 10.3 Å². The van der Waals surface area contributed by atoms with Gasteiger partial charge in [0, 0.05) is 16.3 Å². The Bertz CT molecular complexity index is 939. The summed E-state index contributed by atoms with van der Waals surface area (Å²) in [6.45, 7) is 0. The molecule has 1 N–H and O–H groups in total. The number of thiocarbonyl (C=S) groups is 1. The van der Waals surface area contributed by atoms with Crippen LogP contribution in [-0.2, 0) is 0 Å². The monoisotopic (exact) mass is 378 g/mol. The summed E-state index contributed by atoms with van der Waals surface area (Å²) in [5.41, 5.74) is 2.10. The average Bonchev–Trinajstić information content (AvgIpc) is 2.68. The van der Waals surface area contributed by atoms with E-state index in [0.29, 0.717) is 16.3 Å². The van der Waals surface area contributed by atoms with Crippen molar-refractivity contribution in [2.75, 3.05) is 5.32 Å². The van der Waals surface area contributed by atoms with E-state index in [1.165, 1.54) is 0 Å². The molecule has 3 rings (SSSR count). The lowest BCUT2D eigenvalue weighted by molar-refractivity contribution is 0.106. The van der Waals surface area contributed by atoms with Gasteiger partial charge in [-0.2, -0.15) is 0 Å². The first-order valence-corrected chi connectivity index (χ1v) is 8.72. The summed E-state index contributed by atoms with van der Waals surface area (Å²) in [7, 11) is 0. The van der Waals surface area contributed by atoms with Crippen molar-refractivity contribution in [3.05, 3.63) is 95.5 Å². The van der Waals surface area contributed by atoms with Crippen molar-refractivity contribution >= 4 is 51.7 Å². The number of nitrogens with one attached hydrogen (secondary N) is 1. The van der Waals surface area contributed by atoms with Crippen molar-refractivity contribution in [1.29, 1.82) is 0 Å². The van der Waals surface area contributed by atoms with E-state index < -0.39 is 0 Å². The van der Waals surface area contributed by atoms with Crippen molar-refractivity contribution in [3.8, 4) is 0 Å². The maximum Gasteiger partial charge on any atom is 0.214 e. The first kappa shape index (κ1) is 18.0. The average molecular weight is 379 g/mol. The molecule has 0 amide bonds. The predicted octanol–water partition coefficient (Wildman–Crippen LogP) is 5.73. The summed E-state index contributed by atoms with van der Waals surface area (Å²) in [6.07, 6.45) is 0. The first-order chi connectivity index (χ1) is 12.6. The number of anilines is 1. The van der Waals surface area contributed by atoms with Gasteiger partial charge in [0.25, 0.3) is 0 Å². The molecule has 3 nitrogen and oxygen atoms in total. The van der Waals surface area contributed by atoms with Crippen LogP contribution >= 0.6 is 23.8 Å². The maximum absolute atomic E-state index is 13.0. The lowest BCUT2D eigenvalue weighted by atomic mass is 10.1. The van der Waals surface area contributed by atoms with Crippen LogP contribution in [0.15, 0.2) is 89.9 Å². The molecule has 0 unspecified atom stereocenters. The van der Waals surface area contributed by atoms with Gasteiger partial charge in [-0.25, -0.2) is 4.99 Å². The van der Waals surface area contributed by atoms with E-state index in [0.717, 1.165) is 5.69 Å². The van der Waals surface area contributed by atoms with Crippen LogP contribution in [0.2, 0.25) is 5.02 Å². The zero-order valence-electron chi connectivity index (χ0n) is 13.7. The minimum atomic E-state index is -0.242. The van der Waals surface area contributed by atoms with E-state index in [-0.39, 0.29) is 16.5 Å². The van der Waals surface area contributed by atoms with E-state index >= 15 is 0 Å². The van der Waals surface area contributed by atoms with Crippen molar-refractivity contribution < 1.29 is 4.79 Å². The van der Waals surface area contributed by atoms with E-state index in [4.69, 9.17) is 23.8 Å². The number of Topliss-reactive ketones (excluding diaryl/α,β-unsaturated/α-hetero) is 1. The van der Waals surface area contributed by atoms with Crippen LogP contribution < -0.4 is 5.32 Å². The molecule has 0 fully saturated rings. The van der Waals surface area contributed by atoms with Crippen molar-refractivity contribution in [1.82, 2.24) is 0 Å². The smallest absolute Gasteiger partial charge is 0.214 e. The summed E-state index contributed by atoms with van der Waals surface area (Å²) < 4.78 is 0. The predicted molar refractivity (Wildman–Crippen MR) is 112 cm³/mol. The molecule has 0 radical (unpaired) electrons. The highest BCUT2D eigenvalue weighted by Crippen LogP contribution is 2.18. The number of carbonyl (C=O) groups is 1. The molecule has 5 heteroatoms. The highest BCUT2D eigenvalue weighted by molar-refractivity contribution is 7.82. The Balaban J connectivity index is 1.96. The van der Waals surface area contributed by atoms with Crippen LogP contribution in [0.3, 0.4) is 0 Å². The molecule has 0 atom stereocenters. The number of hydrogen-bond donors (Lipinski definition) is 1. The van der Waals surface area contributed by atoms with Gasteiger partial charge in [0.1, 0.15) is 10.7 Å². The summed E-state index contributed by atoms with van der Waals surface area (Å²) in [5, 5.41) is 3.68. The van der Waals surface area contributed by atoms with Gasteiger partial charge in [0.15, 0.2) is 0 Å². The van der Waals surface area contributed by atoms with Gasteiger partial charge >= 0.3 is 0 Å². The van der Waals surface area contributed by atoms with Crippen LogP contribution in [0.4, 0.5) is 11.4 Å². The zero-order chi connectivity index (χ0) is 18.4. The molecule has 3 aromatic rings. The Hall–Kier alpha value is -2.82. The van der Waals surface area contributed by atoms with Gasteiger partial charge in [-0.1, -0.05) is 72.3 Å². The standard InChI is InChI=1S/C21H15ClN2OS/c22-16-11-13-18(14-12-16)23-19(20(25)15-7-3-1-4-8-15)21(26)24-17-9-5-2-6-10-17/h1-14H,(H,24,26). The first-order valence-electron chi connectivity index (χ1n) is 7.94. The number of para-hydroxylation sites is 1. The van der Waals surface area contributed by atoms with Gasteiger partial charge in [0.2, 0.25) is 5.78 Å². The van der Waals surface area contributed by atoms with Crippen molar-refractivity contribution in [3.63, 3.8) is 0 Å². The van der Waals surface area contributed by atoms with Crippen LogP contribution in [0, 0.1) is 0 Å². The van der Waals surface area contributed by atoms with Crippen molar-refractivity contribution in [2.24, 2.45) is 4.99 Å². The fraction of sp³-hybridized carbons (Fsp3) is 0. The molecular weight excluding hydrogens is 364 g/mol. The maximum atomic E-state index is 13.0. The van der Waals surface area contributed by atoms with E-state index in [1.54, 1.807) is 48.5 Å². The van der Waals surface area contributed by atoms with Gasteiger partial charge in [-0.05, 0) is 36.4 Å². The number of hydrogen-bond acceptors (Lipinski definition) is 3. The van der Waals surface area contributed by atoms with E-state index in [9.17, 15) is 4.79 Å². The van der Waals surface area contributed by atoms with Crippen LogP contribution in [0.5, 0.6) is 0 Å². The minimum absolute atomic E-state index is 0.178. The highest BCUT2D eigenvalue weighted by atomic mass is 35.5. The molecule has 0 spiro atoms. The third kappa shape index (κ3) is 4.63. The third-order valence-electron chi connectivity index (χ3n) is 3.57. The lowest BCUT2D eigenvalue weighted by Gasteiger charge is -2.11. The summed E-state index contributed by atoms with van der Waals surface area (Å²) in [5.74, 6) is -0.242. The molecule has 0 saturated heterocycles. The Morgan fingerprint density at radius 1 is 0.846 bits per heavy atom. The van der Waals surface area contributed by atoms with Crippen molar-refractivity contribution in [2.45, 2.75) is 0 Å². The summed E-state index contributed by atoms with van der Waals surface area (Å²) >= 11 is 11.4. The molecule has 0 aromatic heterocycles. The SMILES string of the molecule is O=C(C(=Nc1ccc(Cl)cc1)C(=S)Nc1ccccc1)c1ccccc1. The van der Waals surface area contributed by atoms with Gasteiger partial charge in [-0.15, -0.1) is 0 Å². The van der Waals surface area contributed by atoms with Gasteiger partial charge in [0.05, 0.1) is 5.69 Å². The van der Waals surface area contributed by atoms with Crippen LogP contribution in [0.1, 0.15) is 10.4 Å². The number of nitrogens with zero attached hydrogens (tertiary/aromatic N) is 1. The fourth-order valence-corrected chi connectivity index (χ4v) is 2.67. The van der Waals surface area contributed by atoms with E-state index in [1.807, 2.05) is 36.4 Å². The van der Waals surface area contributed by atoms with Crippen LogP contribution in [-0.4, -0.2) is 16.5 Å². The zero-order valence-corrected chi connectivity index (χ0v) is 15.3. The Morgan fingerprint density at radius 3 is 2.04 bits per heavy atom. The Kier molecular flexibility index (Phi) is 5.89. The molecule has 0 aliphatic carbocycles. The summed E-state index contributed by atoms with van der Waals surface area (Å²) in [4.78, 5) is 17.7. The fourth-order valence-electron chi connectivity index (χ4n) is 2.29. The number of ketones is 1. The molecule has 0 aliphatic rings. The molecule has 0 heterocycles. The molecule has 128 valence electrons. The Morgan fingerprint density at radius 2 is 1.42 bits per heavy atom. The van der Waals surface area contributed by atoms with Gasteiger partial charge < -0.3 is 5.32 Å². The second-order valence-corrected chi connectivity index (χ2v) is 6.30. The molecule has 0 aliphatic heterocycles.